The number of nitrogens with zero attached hydrogens (tertiary/aromatic N) is 2. The number of hydrogen-bond donors (Lipinski definition) is 0. The predicted octanol–water partition coefficient (Wildman–Crippen LogP) is 2.96. The van der Waals surface area contributed by atoms with Crippen LogP contribution in [0.25, 0.3) is 0 Å². The molecule has 0 unspecified atom stereocenters. The molecule has 1 heterocycles. The van der Waals surface area contributed by atoms with Gasteiger partial charge in [-0.15, -0.1) is 13.2 Å². The summed E-state index contributed by atoms with van der Waals surface area (Å²) >= 11 is 1.85. The van der Waals surface area contributed by atoms with E-state index in [1.807, 2.05) is 22.6 Å². The van der Waals surface area contributed by atoms with Gasteiger partial charge in [0.15, 0.2) is 5.75 Å². The van der Waals surface area contributed by atoms with Gasteiger partial charge in [0.25, 0.3) is 0 Å². The molecular weight excluding hydrogens is 336 g/mol. The van der Waals surface area contributed by atoms with Crippen LogP contribution in [0.3, 0.4) is 0 Å². The highest BCUT2D eigenvalue weighted by molar-refractivity contribution is 14.1. The number of ether oxygens (including phenoxy) is 1. The zero-order chi connectivity index (χ0) is 12.3. The minimum absolute atomic E-state index is 0.00209. The normalized spacial score (nSPS) is 11.0. The molecule has 7 heteroatoms. The van der Waals surface area contributed by atoms with Crippen LogP contribution in [0.1, 0.15) is 11.3 Å². The van der Waals surface area contributed by atoms with Crippen molar-refractivity contribution < 1.29 is 17.9 Å². The van der Waals surface area contributed by atoms with Gasteiger partial charge in [-0.25, -0.2) is 0 Å². The number of pyridine rings is 1. The van der Waals surface area contributed by atoms with Crippen molar-refractivity contribution in [1.29, 1.82) is 5.26 Å². The van der Waals surface area contributed by atoms with Crippen molar-refractivity contribution in [1.82, 2.24) is 4.98 Å². The van der Waals surface area contributed by atoms with E-state index in [0.29, 0.717) is 9.13 Å². The van der Waals surface area contributed by atoms with Crippen molar-refractivity contribution in [2.75, 3.05) is 0 Å². The quantitative estimate of drug-likeness (QED) is 0.777. The Morgan fingerprint density at radius 2 is 2.19 bits per heavy atom. The number of aromatic nitrogens is 1. The maximum atomic E-state index is 12.1. The number of nitriles is 1. The Balaban J connectivity index is 3.22. The van der Waals surface area contributed by atoms with Gasteiger partial charge in [0.2, 0.25) is 0 Å². The van der Waals surface area contributed by atoms with Gasteiger partial charge in [-0.1, -0.05) is 0 Å². The number of alkyl halides is 3. The van der Waals surface area contributed by atoms with Crippen LogP contribution >= 0.6 is 22.6 Å². The summed E-state index contributed by atoms with van der Waals surface area (Å²) in [6.45, 7) is 1.49. The van der Waals surface area contributed by atoms with E-state index < -0.39 is 6.36 Å². The van der Waals surface area contributed by atoms with Crippen molar-refractivity contribution in [2.45, 2.75) is 19.7 Å². The fourth-order valence-electron chi connectivity index (χ4n) is 1.07. The molecule has 0 atom stereocenters. The first-order chi connectivity index (χ1) is 7.35. The summed E-state index contributed by atoms with van der Waals surface area (Å²) in [5.74, 6) is -0.374. The molecule has 0 aromatic carbocycles. The molecule has 1 rings (SSSR count). The molecule has 1 aromatic heterocycles. The van der Waals surface area contributed by atoms with Gasteiger partial charge in [0.05, 0.1) is 18.2 Å². The molecule has 0 saturated heterocycles. The van der Waals surface area contributed by atoms with Gasteiger partial charge < -0.3 is 4.74 Å². The molecule has 0 bridgehead atoms. The van der Waals surface area contributed by atoms with Crippen molar-refractivity contribution in [3.05, 3.63) is 21.0 Å². The molecule has 0 saturated carbocycles. The van der Waals surface area contributed by atoms with Gasteiger partial charge in [-0.3, -0.25) is 4.98 Å². The summed E-state index contributed by atoms with van der Waals surface area (Å²) in [5, 5.41) is 8.47. The molecule has 16 heavy (non-hydrogen) atoms. The van der Waals surface area contributed by atoms with Crippen LogP contribution < -0.4 is 4.74 Å². The Labute approximate surface area is 103 Å². The lowest BCUT2D eigenvalue weighted by atomic mass is 10.2. The van der Waals surface area contributed by atoms with Gasteiger partial charge >= 0.3 is 6.36 Å². The molecule has 0 radical (unpaired) electrons. The number of halogens is 4. The molecule has 0 aliphatic carbocycles. The molecule has 0 aliphatic heterocycles. The Kier molecular flexibility index (Phi) is 3.96. The number of hydrogen-bond acceptors (Lipinski definition) is 3. The van der Waals surface area contributed by atoms with E-state index in [1.54, 1.807) is 6.07 Å². The van der Waals surface area contributed by atoms with E-state index in [9.17, 15) is 13.2 Å². The van der Waals surface area contributed by atoms with Crippen LogP contribution in [0.5, 0.6) is 5.75 Å². The summed E-state index contributed by atoms with van der Waals surface area (Å²) in [4.78, 5) is 3.76. The average Bonchev–Trinajstić information content (AvgIpc) is 2.16. The van der Waals surface area contributed by atoms with E-state index in [2.05, 4.69) is 9.72 Å². The van der Waals surface area contributed by atoms with Gasteiger partial charge in [0.1, 0.15) is 0 Å². The third-order valence-electron chi connectivity index (χ3n) is 1.76. The summed E-state index contributed by atoms with van der Waals surface area (Å²) in [6, 6.07) is 1.74. The Bertz CT molecular complexity index is 440. The van der Waals surface area contributed by atoms with Crippen LogP contribution in [0, 0.1) is 21.8 Å². The molecule has 86 valence electrons. The monoisotopic (exact) mass is 342 g/mol. The van der Waals surface area contributed by atoms with E-state index in [1.165, 1.54) is 13.1 Å². The van der Waals surface area contributed by atoms with Crippen LogP contribution in [0.15, 0.2) is 6.20 Å². The highest BCUT2D eigenvalue weighted by Crippen LogP contribution is 2.31. The maximum Gasteiger partial charge on any atom is 0.573 e. The standard InChI is InChI=1S/C9H6F3IN2O/c1-5-6(13)4-15-7(2-3-14)8(5)16-9(10,11)12/h4H,2H2,1H3. The Morgan fingerprint density at radius 1 is 1.56 bits per heavy atom. The SMILES string of the molecule is Cc1c(I)cnc(CC#N)c1OC(F)(F)F. The van der Waals surface area contributed by atoms with E-state index in [-0.39, 0.29) is 17.9 Å². The van der Waals surface area contributed by atoms with Crippen LogP contribution in [-0.4, -0.2) is 11.3 Å². The van der Waals surface area contributed by atoms with Crippen LogP contribution in [0.2, 0.25) is 0 Å². The second-order valence-electron chi connectivity index (χ2n) is 2.89. The van der Waals surface area contributed by atoms with Crippen LogP contribution in [0.4, 0.5) is 13.2 Å². The zero-order valence-corrected chi connectivity index (χ0v) is 10.3. The largest absolute Gasteiger partial charge is 0.573 e. The first-order valence-corrected chi connectivity index (χ1v) is 5.19. The maximum absolute atomic E-state index is 12.1. The van der Waals surface area contributed by atoms with E-state index in [0.717, 1.165) is 0 Å². The molecular formula is C9H6F3IN2O. The van der Waals surface area contributed by atoms with Gasteiger partial charge in [-0.05, 0) is 29.5 Å². The Hall–Kier alpha value is -1.04. The fraction of sp³-hybridized carbons (Fsp3) is 0.333. The second kappa shape index (κ2) is 4.86. The Morgan fingerprint density at radius 3 is 2.69 bits per heavy atom. The second-order valence-corrected chi connectivity index (χ2v) is 4.05. The molecule has 0 fully saturated rings. The summed E-state index contributed by atoms with van der Waals surface area (Å²) in [5.41, 5.74) is 0.330. The fourth-order valence-corrected chi connectivity index (χ4v) is 1.45. The van der Waals surface area contributed by atoms with Crippen LogP contribution in [-0.2, 0) is 6.42 Å². The summed E-state index contributed by atoms with van der Waals surface area (Å²) in [6.07, 6.45) is -3.59. The minimum atomic E-state index is -4.78. The molecule has 0 amide bonds. The zero-order valence-electron chi connectivity index (χ0n) is 8.10. The predicted molar refractivity (Wildman–Crippen MR) is 57.7 cm³/mol. The summed E-state index contributed by atoms with van der Waals surface area (Å²) < 4.78 is 40.8. The van der Waals surface area contributed by atoms with Gasteiger partial charge in [0, 0.05) is 15.3 Å². The topological polar surface area (TPSA) is 45.9 Å². The highest BCUT2D eigenvalue weighted by atomic mass is 127. The van der Waals surface area contributed by atoms with Gasteiger partial charge in [-0.2, -0.15) is 5.26 Å². The first-order valence-electron chi connectivity index (χ1n) is 4.12. The smallest absolute Gasteiger partial charge is 0.403 e. The third kappa shape index (κ3) is 3.23. The average molecular weight is 342 g/mol. The molecule has 3 nitrogen and oxygen atoms in total. The van der Waals surface area contributed by atoms with Crippen molar-refractivity contribution >= 4 is 22.6 Å². The van der Waals surface area contributed by atoms with Crippen molar-refractivity contribution in [2.24, 2.45) is 0 Å². The molecule has 0 N–H and O–H groups in total. The van der Waals surface area contributed by atoms with Crippen molar-refractivity contribution in [3.63, 3.8) is 0 Å². The lowest BCUT2D eigenvalue weighted by Gasteiger charge is -2.14. The molecule has 0 aliphatic rings. The van der Waals surface area contributed by atoms with Crippen molar-refractivity contribution in [3.8, 4) is 11.8 Å². The lowest BCUT2D eigenvalue weighted by molar-refractivity contribution is -0.275. The first kappa shape index (κ1) is 13.0. The summed E-state index contributed by atoms with van der Waals surface area (Å²) in [7, 11) is 0. The van der Waals surface area contributed by atoms with E-state index >= 15 is 0 Å². The molecule has 0 spiro atoms. The number of rotatable bonds is 2. The molecule has 1 aromatic rings. The third-order valence-corrected chi connectivity index (χ3v) is 2.85. The van der Waals surface area contributed by atoms with E-state index in [4.69, 9.17) is 5.26 Å². The minimum Gasteiger partial charge on any atom is -0.403 e. The highest BCUT2D eigenvalue weighted by Gasteiger charge is 2.33. The lowest BCUT2D eigenvalue weighted by Crippen LogP contribution is -2.19.